The zero-order valence-corrected chi connectivity index (χ0v) is 15.1. The first kappa shape index (κ1) is 19.1. The van der Waals surface area contributed by atoms with E-state index in [0.717, 1.165) is 24.2 Å². The van der Waals surface area contributed by atoms with E-state index in [1.54, 1.807) is 16.8 Å². The zero-order valence-electron chi connectivity index (χ0n) is 15.1. The SMILES string of the molecule is O=C1NCCCc2c1cnn2-c1cc(Cc2cc(F)cc(C(F)(F)F)c2)ccn1. The second kappa shape index (κ2) is 7.31. The lowest BCUT2D eigenvalue weighted by atomic mass is 10.0. The molecule has 0 saturated heterocycles. The van der Waals surface area contributed by atoms with Crippen molar-refractivity contribution in [1.82, 2.24) is 20.1 Å². The Morgan fingerprint density at radius 3 is 2.76 bits per heavy atom. The molecule has 0 fully saturated rings. The molecule has 1 aromatic carbocycles. The maximum Gasteiger partial charge on any atom is 0.416 e. The van der Waals surface area contributed by atoms with E-state index in [4.69, 9.17) is 0 Å². The number of pyridine rings is 1. The molecule has 3 heterocycles. The van der Waals surface area contributed by atoms with Crippen LogP contribution in [0.4, 0.5) is 17.6 Å². The molecule has 9 heteroatoms. The summed E-state index contributed by atoms with van der Waals surface area (Å²) in [5.41, 5.74) is 1.04. The van der Waals surface area contributed by atoms with Gasteiger partial charge in [-0.3, -0.25) is 4.79 Å². The lowest BCUT2D eigenvalue weighted by Crippen LogP contribution is -2.22. The number of benzene rings is 1. The molecular formula is C20H16F4N4O. The number of hydrogen-bond acceptors (Lipinski definition) is 3. The number of nitrogens with zero attached hydrogens (tertiary/aromatic N) is 3. The number of aromatic nitrogens is 3. The first-order valence-electron chi connectivity index (χ1n) is 8.98. The average molecular weight is 404 g/mol. The molecule has 150 valence electrons. The number of hydrogen-bond donors (Lipinski definition) is 1. The molecule has 5 nitrogen and oxygen atoms in total. The number of fused-ring (bicyclic) bond motifs is 1. The normalized spacial score (nSPS) is 14.3. The van der Waals surface area contributed by atoms with Crippen LogP contribution in [0.5, 0.6) is 0 Å². The second-order valence-corrected chi connectivity index (χ2v) is 6.82. The highest BCUT2D eigenvalue weighted by atomic mass is 19.4. The summed E-state index contributed by atoms with van der Waals surface area (Å²) in [5.74, 6) is -0.683. The largest absolute Gasteiger partial charge is 0.416 e. The van der Waals surface area contributed by atoms with Gasteiger partial charge in [-0.05, 0) is 60.7 Å². The van der Waals surface area contributed by atoms with Gasteiger partial charge in [-0.1, -0.05) is 0 Å². The van der Waals surface area contributed by atoms with Gasteiger partial charge in [0, 0.05) is 12.7 Å². The van der Waals surface area contributed by atoms with Crippen LogP contribution in [0.2, 0.25) is 0 Å². The summed E-state index contributed by atoms with van der Waals surface area (Å²) in [4.78, 5) is 16.4. The highest BCUT2D eigenvalue weighted by Gasteiger charge is 2.31. The van der Waals surface area contributed by atoms with Crippen molar-refractivity contribution in [3.63, 3.8) is 0 Å². The summed E-state index contributed by atoms with van der Waals surface area (Å²) < 4.78 is 54.1. The smallest absolute Gasteiger partial charge is 0.352 e. The molecule has 1 aliphatic rings. The van der Waals surface area contributed by atoms with Gasteiger partial charge in [-0.2, -0.15) is 18.3 Å². The van der Waals surface area contributed by atoms with Crippen molar-refractivity contribution < 1.29 is 22.4 Å². The van der Waals surface area contributed by atoms with Gasteiger partial charge < -0.3 is 5.32 Å². The Hall–Kier alpha value is -3.23. The Labute approximate surface area is 163 Å². The van der Waals surface area contributed by atoms with Crippen LogP contribution < -0.4 is 5.32 Å². The molecule has 1 amide bonds. The third kappa shape index (κ3) is 3.98. The molecule has 0 spiro atoms. The molecule has 2 aromatic heterocycles. The average Bonchev–Trinajstić information content (AvgIpc) is 2.99. The quantitative estimate of drug-likeness (QED) is 0.678. The maximum absolute atomic E-state index is 13.7. The first-order valence-corrected chi connectivity index (χ1v) is 8.98. The molecule has 0 radical (unpaired) electrons. The van der Waals surface area contributed by atoms with Crippen molar-refractivity contribution in [1.29, 1.82) is 0 Å². The van der Waals surface area contributed by atoms with Gasteiger partial charge >= 0.3 is 6.18 Å². The van der Waals surface area contributed by atoms with Crippen LogP contribution in [0.1, 0.15) is 39.2 Å². The molecule has 0 unspecified atom stereocenters. The molecule has 0 atom stereocenters. The Bertz CT molecular complexity index is 1070. The van der Waals surface area contributed by atoms with Crippen molar-refractivity contribution in [3.05, 3.63) is 76.5 Å². The van der Waals surface area contributed by atoms with Gasteiger partial charge in [0.05, 0.1) is 23.0 Å². The Morgan fingerprint density at radius 2 is 1.97 bits per heavy atom. The third-order valence-electron chi connectivity index (χ3n) is 4.71. The number of carbonyl (C=O) groups excluding carboxylic acids is 1. The molecule has 3 aromatic rings. The minimum Gasteiger partial charge on any atom is -0.352 e. The molecule has 0 aliphatic carbocycles. The summed E-state index contributed by atoms with van der Waals surface area (Å²) in [6.07, 6.45) is -0.133. The standard InChI is InChI=1S/C20H16F4N4O/c21-15-8-13(7-14(10-15)20(22,23)24)6-12-3-5-25-18(9-12)28-17-2-1-4-26-19(29)16(17)11-27-28/h3,5,7-11H,1-2,4,6H2,(H,26,29). The summed E-state index contributed by atoms with van der Waals surface area (Å²) >= 11 is 0. The summed E-state index contributed by atoms with van der Waals surface area (Å²) in [7, 11) is 0. The lowest BCUT2D eigenvalue weighted by Gasteiger charge is -2.11. The van der Waals surface area contributed by atoms with E-state index in [9.17, 15) is 22.4 Å². The number of carbonyl (C=O) groups is 1. The van der Waals surface area contributed by atoms with Crippen molar-refractivity contribution >= 4 is 5.91 Å². The molecular weight excluding hydrogens is 388 g/mol. The van der Waals surface area contributed by atoms with Gasteiger partial charge in [0.25, 0.3) is 5.91 Å². The van der Waals surface area contributed by atoms with E-state index < -0.39 is 17.6 Å². The molecule has 0 saturated carbocycles. The van der Waals surface area contributed by atoms with Crippen molar-refractivity contribution in [2.75, 3.05) is 6.54 Å². The zero-order chi connectivity index (χ0) is 20.6. The van der Waals surface area contributed by atoms with Crippen LogP contribution in [-0.2, 0) is 19.0 Å². The van der Waals surface area contributed by atoms with E-state index in [-0.39, 0.29) is 17.9 Å². The van der Waals surface area contributed by atoms with E-state index >= 15 is 0 Å². The first-order chi connectivity index (χ1) is 13.8. The van der Waals surface area contributed by atoms with Crippen molar-refractivity contribution in [2.24, 2.45) is 0 Å². The van der Waals surface area contributed by atoms with Gasteiger partial charge in [0.15, 0.2) is 5.82 Å². The van der Waals surface area contributed by atoms with Gasteiger partial charge in [0.1, 0.15) is 5.82 Å². The highest BCUT2D eigenvalue weighted by molar-refractivity contribution is 5.95. The number of halogens is 4. The lowest BCUT2D eigenvalue weighted by molar-refractivity contribution is -0.137. The Morgan fingerprint density at radius 1 is 1.14 bits per heavy atom. The fourth-order valence-electron chi connectivity index (χ4n) is 3.39. The van der Waals surface area contributed by atoms with Gasteiger partial charge in [0.2, 0.25) is 0 Å². The minimum absolute atomic E-state index is 0.0975. The maximum atomic E-state index is 13.7. The monoisotopic (exact) mass is 404 g/mol. The summed E-state index contributed by atoms with van der Waals surface area (Å²) in [5, 5.41) is 7.05. The number of rotatable bonds is 3. The van der Waals surface area contributed by atoms with Crippen LogP contribution in [-0.4, -0.2) is 27.2 Å². The Kier molecular flexibility index (Phi) is 4.81. The molecule has 4 rings (SSSR count). The van der Waals surface area contributed by atoms with Crippen LogP contribution >= 0.6 is 0 Å². The van der Waals surface area contributed by atoms with Crippen LogP contribution in [0.25, 0.3) is 5.82 Å². The van der Waals surface area contributed by atoms with E-state index in [1.165, 1.54) is 12.4 Å². The predicted octanol–water partition coefficient (Wildman–Crippen LogP) is 3.69. The molecule has 29 heavy (non-hydrogen) atoms. The minimum atomic E-state index is -4.62. The fraction of sp³-hybridized carbons (Fsp3) is 0.250. The van der Waals surface area contributed by atoms with Crippen LogP contribution in [0.3, 0.4) is 0 Å². The summed E-state index contributed by atoms with van der Waals surface area (Å²) in [6.45, 7) is 0.572. The van der Waals surface area contributed by atoms with E-state index in [1.807, 2.05) is 0 Å². The number of amides is 1. The van der Waals surface area contributed by atoms with Crippen molar-refractivity contribution in [2.45, 2.75) is 25.4 Å². The van der Waals surface area contributed by atoms with Gasteiger partial charge in [-0.15, -0.1) is 0 Å². The van der Waals surface area contributed by atoms with Gasteiger partial charge in [-0.25, -0.2) is 14.1 Å². The Balaban J connectivity index is 1.66. The van der Waals surface area contributed by atoms with Crippen LogP contribution in [0, 0.1) is 5.82 Å². The topological polar surface area (TPSA) is 59.8 Å². The second-order valence-electron chi connectivity index (χ2n) is 6.82. The molecule has 0 bridgehead atoms. The third-order valence-corrected chi connectivity index (χ3v) is 4.71. The molecule has 1 N–H and O–H groups in total. The van der Waals surface area contributed by atoms with E-state index in [2.05, 4.69) is 15.4 Å². The predicted molar refractivity (Wildman–Crippen MR) is 96.2 cm³/mol. The molecule has 1 aliphatic heterocycles. The highest BCUT2D eigenvalue weighted by Crippen LogP contribution is 2.31. The van der Waals surface area contributed by atoms with Crippen molar-refractivity contribution in [3.8, 4) is 5.82 Å². The van der Waals surface area contributed by atoms with E-state index in [0.29, 0.717) is 36.0 Å². The van der Waals surface area contributed by atoms with Crippen LogP contribution in [0.15, 0.2) is 42.7 Å². The summed E-state index contributed by atoms with van der Waals surface area (Å²) in [6, 6.07) is 5.82. The number of alkyl halides is 3. The number of nitrogens with one attached hydrogen (secondary N) is 1. The fourth-order valence-corrected chi connectivity index (χ4v) is 3.39.